The Kier molecular flexibility index (Phi) is 4.24. The van der Waals surface area contributed by atoms with Crippen LogP contribution in [0.15, 0.2) is 48.5 Å². The number of benzene rings is 2. The summed E-state index contributed by atoms with van der Waals surface area (Å²) in [5, 5.41) is 3.06. The van der Waals surface area contributed by atoms with Crippen molar-refractivity contribution in [2.75, 3.05) is 4.90 Å². The van der Waals surface area contributed by atoms with Gasteiger partial charge in [0.25, 0.3) is 0 Å². The van der Waals surface area contributed by atoms with E-state index in [0.717, 1.165) is 28.8 Å². The Balaban J connectivity index is 1.62. The van der Waals surface area contributed by atoms with Gasteiger partial charge in [0.1, 0.15) is 6.04 Å². The number of carbonyl (C=O) groups excluding carboxylic acids is 2. The zero-order valence-corrected chi connectivity index (χ0v) is 14.8. The molecule has 2 aliphatic heterocycles. The van der Waals surface area contributed by atoms with E-state index < -0.39 is 12.1 Å². The van der Waals surface area contributed by atoms with Crippen molar-refractivity contribution < 1.29 is 9.59 Å². The lowest BCUT2D eigenvalue weighted by atomic mass is 10.0. The Morgan fingerprint density at radius 3 is 2.65 bits per heavy atom. The molecule has 0 spiro atoms. The Bertz CT molecular complexity index is 850. The maximum Gasteiger partial charge on any atom is 0.244 e. The number of para-hydroxylation sites is 1. The molecule has 0 aliphatic carbocycles. The zero-order chi connectivity index (χ0) is 18.3. The van der Waals surface area contributed by atoms with Crippen LogP contribution in [0.4, 0.5) is 5.69 Å². The fourth-order valence-corrected chi connectivity index (χ4v) is 4.00. The summed E-state index contributed by atoms with van der Waals surface area (Å²) in [6.07, 6.45) is 1.91. The van der Waals surface area contributed by atoms with E-state index in [1.165, 1.54) is 0 Å². The third-order valence-electron chi connectivity index (χ3n) is 5.41. The first-order valence-electron chi connectivity index (χ1n) is 9.11. The van der Waals surface area contributed by atoms with Crippen molar-refractivity contribution in [1.29, 1.82) is 0 Å². The third kappa shape index (κ3) is 2.78. The topological polar surface area (TPSA) is 75.4 Å². The van der Waals surface area contributed by atoms with E-state index in [-0.39, 0.29) is 17.9 Å². The lowest BCUT2D eigenvalue weighted by Crippen LogP contribution is -2.52. The molecule has 0 bridgehead atoms. The van der Waals surface area contributed by atoms with Gasteiger partial charge in [-0.2, -0.15) is 0 Å². The van der Waals surface area contributed by atoms with E-state index in [2.05, 4.69) is 5.32 Å². The summed E-state index contributed by atoms with van der Waals surface area (Å²) in [5.74, 6) is -0.285. The summed E-state index contributed by atoms with van der Waals surface area (Å²) in [6, 6.07) is 14.6. The summed E-state index contributed by atoms with van der Waals surface area (Å²) in [4.78, 5) is 27.5. The lowest BCUT2D eigenvalue weighted by Gasteiger charge is -2.27. The van der Waals surface area contributed by atoms with Crippen molar-refractivity contribution in [3.05, 3.63) is 65.2 Å². The number of hydrogen-bond donors (Lipinski definition) is 2. The molecule has 3 atom stereocenters. The summed E-state index contributed by atoms with van der Waals surface area (Å²) < 4.78 is 0. The highest BCUT2D eigenvalue weighted by Crippen LogP contribution is 2.38. The standard InChI is InChI=1S/C21H23N3O2/c1-13(14-6-3-2-4-7-14)23-20(25)18-12-16-9-5-8-15-10-11-17(22)21(26)24(18)19(15)16/h2-9,13,17-18H,10-12,22H2,1H3,(H,23,25). The van der Waals surface area contributed by atoms with Gasteiger partial charge in [-0.15, -0.1) is 0 Å². The van der Waals surface area contributed by atoms with E-state index >= 15 is 0 Å². The molecule has 5 heteroatoms. The molecule has 0 saturated carbocycles. The van der Waals surface area contributed by atoms with E-state index in [1.807, 2.05) is 55.5 Å². The van der Waals surface area contributed by atoms with Gasteiger partial charge in [-0.25, -0.2) is 0 Å². The minimum atomic E-state index is -0.560. The van der Waals surface area contributed by atoms with Crippen LogP contribution in [0.5, 0.6) is 0 Å². The fraction of sp³-hybridized carbons (Fsp3) is 0.333. The van der Waals surface area contributed by atoms with Crippen LogP contribution in [0.2, 0.25) is 0 Å². The number of rotatable bonds is 3. The Hall–Kier alpha value is -2.66. The lowest BCUT2D eigenvalue weighted by molar-refractivity contribution is -0.127. The molecule has 2 heterocycles. The van der Waals surface area contributed by atoms with Crippen molar-refractivity contribution in [2.45, 2.75) is 44.3 Å². The molecule has 2 aliphatic rings. The van der Waals surface area contributed by atoms with E-state index in [1.54, 1.807) is 4.90 Å². The minimum Gasteiger partial charge on any atom is -0.348 e. The number of anilines is 1. The van der Waals surface area contributed by atoms with Gasteiger partial charge >= 0.3 is 0 Å². The van der Waals surface area contributed by atoms with Crippen LogP contribution < -0.4 is 16.0 Å². The second-order valence-electron chi connectivity index (χ2n) is 7.14. The number of nitrogens with one attached hydrogen (secondary N) is 1. The molecule has 134 valence electrons. The predicted molar refractivity (Wildman–Crippen MR) is 101 cm³/mol. The van der Waals surface area contributed by atoms with Gasteiger partial charge in [0.15, 0.2) is 0 Å². The van der Waals surface area contributed by atoms with Crippen LogP contribution in [0, 0.1) is 0 Å². The SMILES string of the molecule is CC(NC(=O)C1Cc2cccc3c2N1C(=O)C(N)CC3)c1ccccc1. The predicted octanol–water partition coefficient (Wildman–Crippen LogP) is 2.10. The quantitative estimate of drug-likeness (QED) is 0.891. The molecule has 2 aromatic carbocycles. The van der Waals surface area contributed by atoms with Gasteiger partial charge in [0.05, 0.1) is 17.8 Å². The molecule has 2 amide bonds. The molecule has 0 aromatic heterocycles. The van der Waals surface area contributed by atoms with Crippen LogP contribution >= 0.6 is 0 Å². The Morgan fingerprint density at radius 1 is 1.15 bits per heavy atom. The van der Waals surface area contributed by atoms with Crippen molar-refractivity contribution in [3.63, 3.8) is 0 Å². The van der Waals surface area contributed by atoms with Crippen molar-refractivity contribution >= 4 is 17.5 Å². The van der Waals surface area contributed by atoms with Crippen LogP contribution in [0.3, 0.4) is 0 Å². The smallest absolute Gasteiger partial charge is 0.244 e. The van der Waals surface area contributed by atoms with Crippen molar-refractivity contribution in [3.8, 4) is 0 Å². The summed E-state index contributed by atoms with van der Waals surface area (Å²) >= 11 is 0. The first-order valence-corrected chi connectivity index (χ1v) is 9.11. The third-order valence-corrected chi connectivity index (χ3v) is 5.41. The van der Waals surface area contributed by atoms with E-state index in [4.69, 9.17) is 5.73 Å². The van der Waals surface area contributed by atoms with Crippen LogP contribution in [0.25, 0.3) is 0 Å². The number of amides is 2. The molecule has 0 radical (unpaired) electrons. The van der Waals surface area contributed by atoms with Gasteiger partial charge in [-0.1, -0.05) is 48.5 Å². The molecule has 0 fully saturated rings. The van der Waals surface area contributed by atoms with Crippen LogP contribution in [0.1, 0.15) is 36.1 Å². The highest BCUT2D eigenvalue weighted by atomic mass is 16.2. The summed E-state index contributed by atoms with van der Waals surface area (Å²) in [7, 11) is 0. The van der Waals surface area contributed by atoms with Gasteiger partial charge in [-0.3, -0.25) is 14.5 Å². The Morgan fingerprint density at radius 2 is 1.88 bits per heavy atom. The monoisotopic (exact) mass is 349 g/mol. The molecule has 2 aromatic rings. The summed E-state index contributed by atoms with van der Waals surface area (Å²) in [6.45, 7) is 1.96. The first kappa shape index (κ1) is 16.8. The number of hydrogen-bond acceptors (Lipinski definition) is 3. The van der Waals surface area contributed by atoms with Crippen LogP contribution in [-0.4, -0.2) is 23.9 Å². The Labute approximate surface area is 153 Å². The van der Waals surface area contributed by atoms with Gasteiger partial charge in [0, 0.05) is 6.42 Å². The summed E-state index contributed by atoms with van der Waals surface area (Å²) in [5.41, 5.74) is 10.2. The molecule has 26 heavy (non-hydrogen) atoms. The maximum absolute atomic E-state index is 13.0. The van der Waals surface area contributed by atoms with Gasteiger partial charge in [0.2, 0.25) is 11.8 Å². The van der Waals surface area contributed by atoms with Crippen LogP contribution in [-0.2, 0) is 22.4 Å². The van der Waals surface area contributed by atoms with Crippen molar-refractivity contribution in [1.82, 2.24) is 5.32 Å². The molecular weight excluding hydrogens is 326 g/mol. The normalized spacial score (nSPS) is 22.5. The number of nitrogens with two attached hydrogens (primary N) is 1. The van der Waals surface area contributed by atoms with Crippen molar-refractivity contribution in [2.24, 2.45) is 5.73 Å². The average Bonchev–Trinajstić information content (AvgIpc) is 3.00. The van der Waals surface area contributed by atoms with E-state index in [9.17, 15) is 9.59 Å². The molecule has 0 saturated heterocycles. The number of nitrogens with zero attached hydrogens (tertiary/aromatic N) is 1. The molecule has 5 nitrogen and oxygen atoms in total. The molecule has 3 unspecified atom stereocenters. The van der Waals surface area contributed by atoms with Gasteiger partial charge < -0.3 is 11.1 Å². The zero-order valence-electron chi connectivity index (χ0n) is 14.8. The van der Waals surface area contributed by atoms with E-state index in [0.29, 0.717) is 12.8 Å². The highest BCUT2D eigenvalue weighted by Gasteiger charge is 2.42. The first-order chi connectivity index (χ1) is 12.6. The largest absolute Gasteiger partial charge is 0.348 e. The molecular formula is C21H23N3O2. The molecule has 4 rings (SSSR count). The minimum absolute atomic E-state index is 0.123. The number of carbonyl (C=O) groups is 2. The fourth-order valence-electron chi connectivity index (χ4n) is 4.00. The molecule has 3 N–H and O–H groups in total. The van der Waals surface area contributed by atoms with Gasteiger partial charge in [-0.05, 0) is 36.5 Å². The highest BCUT2D eigenvalue weighted by molar-refractivity contribution is 6.06. The maximum atomic E-state index is 13.0. The number of aryl methyl sites for hydroxylation is 1. The second kappa shape index (κ2) is 6.57. The second-order valence-corrected chi connectivity index (χ2v) is 7.14. The average molecular weight is 349 g/mol.